The third-order valence-electron chi connectivity index (χ3n) is 3.11. The minimum absolute atomic E-state index is 0.0979. The molecule has 98 valence electrons. The molecule has 0 saturated heterocycles. The second-order valence-electron chi connectivity index (χ2n) is 4.46. The quantitative estimate of drug-likeness (QED) is 0.859. The third-order valence-corrected chi connectivity index (χ3v) is 3.84. The zero-order valence-corrected chi connectivity index (χ0v) is 11.2. The molecule has 0 bridgehead atoms. The number of Topliss-reactive ketones (excluding diaryl/α,β-unsaturated/α-hetero) is 1. The van der Waals surface area contributed by atoms with Crippen molar-refractivity contribution >= 4 is 17.1 Å². The van der Waals surface area contributed by atoms with Crippen LogP contribution in [0.4, 0.5) is 0 Å². The van der Waals surface area contributed by atoms with Crippen molar-refractivity contribution in [2.24, 2.45) is 0 Å². The Balaban J connectivity index is 1.60. The summed E-state index contributed by atoms with van der Waals surface area (Å²) in [6.07, 6.45) is 0.782. The van der Waals surface area contributed by atoms with Crippen LogP contribution in [-0.4, -0.2) is 18.5 Å². The van der Waals surface area contributed by atoms with Gasteiger partial charge in [0.25, 0.3) is 0 Å². The van der Waals surface area contributed by atoms with Crippen LogP contribution in [0.2, 0.25) is 0 Å². The summed E-state index contributed by atoms with van der Waals surface area (Å²) in [7, 11) is 0. The van der Waals surface area contributed by atoms with E-state index in [4.69, 9.17) is 9.47 Å². The lowest BCUT2D eigenvalue weighted by Gasteiger charge is -2.25. The predicted molar refractivity (Wildman–Crippen MR) is 74.0 cm³/mol. The molecule has 0 saturated carbocycles. The number of benzene rings is 1. The molecule has 0 aliphatic carbocycles. The zero-order chi connectivity index (χ0) is 13.1. The number of para-hydroxylation sites is 2. The van der Waals surface area contributed by atoms with Crippen molar-refractivity contribution in [3.05, 3.63) is 46.7 Å². The van der Waals surface area contributed by atoms with Crippen LogP contribution < -0.4 is 9.47 Å². The molecule has 1 aliphatic rings. The molecule has 0 fully saturated rings. The van der Waals surface area contributed by atoms with Crippen LogP contribution in [0.25, 0.3) is 0 Å². The molecule has 2 heterocycles. The fraction of sp³-hybridized carbons (Fsp3) is 0.267. The maximum atomic E-state index is 12.1. The topological polar surface area (TPSA) is 35.5 Å². The Kier molecular flexibility index (Phi) is 3.51. The van der Waals surface area contributed by atoms with E-state index in [0.29, 0.717) is 24.5 Å². The van der Waals surface area contributed by atoms with Crippen LogP contribution in [0.15, 0.2) is 41.1 Å². The first-order valence-electron chi connectivity index (χ1n) is 6.25. The molecular formula is C15H14O3S. The summed E-state index contributed by atoms with van der Waals surface area (Å²) in [4.78, 5) is 12.1. The van der Waals surface area contributed by atoms with E-state index in [9.17, 15) is 4.79 Å². The van der Waals surface area contributed by atoms with E-state index in [1.54, 1.807) is 11.3 Å². The van der Waals surface area contributed by atoms with Gasteiger partial charge in [0, 0.05) is 6.42 Å². The SMILES string of the molecule is O=C(CCc1ccsc1)C1COc2ccccc2O1. The Morgan fingerprint density at radius 2 is 2.11 bits per heavy atom. The number of hydrogen-bond acceptors (Lipinski definition) is 4. The molecule has 1 aromatic heterocycles. The number of carbonyl (C=O) groups is 1. The fourth-order valence-electron chi connectivity index (χ4n) is 2.04. The molecule has 0 spiro atoms. The third kappa shape index (κ3) is 2.79. The lowest BCUT2D eigenvalue weighted by atomic mass is 10.1. The van der Waals surface area contributed by atoms with Crippen molar-refractivity contribution in [3.63, 3.8) is 0 Å². The molecule has 1 atom stereocenters. The van der Waals surface area contributed by atoms with Crippen LogP contribution in [0.5, 0.6) is 11.5 Å². The van der Waals surface area contributed by atoms with Crippen molar-refractivity contribution < 1.29 is 14.3 Å². The second kappa shape index (κ2) is 5.45. The molecule has 4 heteroatoms. The van der Waals surface area contributed by atoms with Gasteiger partial charge in [-0.15, -0.1) is 0 Å². The van der Waals surface area contributed by atoms with Gasteiger partial charge in [-0.2, -0.15) is 11.3 Å². The lowest BCUT2D eigenvalue weighted by molar-refractivity contribution is -0.128. The first-order valence-corrected chi connectivity index (χ1v) is 7.19. The standard InChI is InChI=1S/C15H14O3S/c16-12(6-5-11-7-8-19-10-11)15-9-17-13-3-1-2-4-14(13)18-15/h1-4,7-8,10,15H,5-6,9H2. The molecular weight excluding hydrogens is 260 g/mol. The number of rotatable bonds is 4. The number of carbonyl (C=O) groups excluding carboxylic acids is 1. The average molecular weight is 274 g/mol. The van der Waals surface area contributed by atoms with Gasteiger partial charge in [-0.25, -0.2) is 0 Å². The van der Waals surface area contributed by atoms with Gasteiger partial charge in [0.15, 0.2) is 23.4 Å². The summed E-state index contributed by atoms with van der Waals surface area (Å²) in [5.74, 6) is 1.47. The monoisotopic (exact) mass is 274 g/mol. The van der Waals surface area contributed by atoms with E-state index in [-0.39, 0.29) is 5.78 Å². The summed E-state index contributed by atoms with van der Waals surface area (Å²) in [5, 5.41) is 4.09. The molecule has 1 unspecified atom stereocenters. The van der Waals surface area contributed by atoms with Crippen LogP contribution >= 0.6 is 11.3 Å². The molecule has 3 nitrogen and oxygen atoms in total. The highest BCUT2D eigenvalue weighted by Gasteiger charge is 2.26. The van der Waals surface area contributed by atoms with Gasteiger partial charge in [-0.3, -0.25) is 4.79 Å². The zero-order valence-electron chi connectivity index (χ0n) is 10.4. The molecule has 1 aliphatic heterocycles. The molecule has 3 rings (SSSR count). The fourth-order valence-corrected chi connectivity index (χ4v) is 2.74. The van der Waals surface area contributed by atoms with Gasteiger partial charge in [0.05, 0.1) is 0 Å². The van der Waals surface area contributed by atoms with E-state index >= 15 is 0 Å². The largest absolute Gasteiger partial charge is 0.485 e. The highest BCUT2D eigenvalue weighted by Crippen LogP contribution is 2.31. The maximum absolute atomic E-state index is 12.1. The van der Waals surface area contributed by atoms with Gasteiger partial charge in [0.1, 0.15) is 6.61 Å². The summed E-state index contributed by atoms with van der Waals surface area (Å²) in [6, 6.07) is 9.49. The maximum Gasteiger partial charge on any atom is 0.190 e. The van der Waals surface area contributed by atoms with Gasteiger partial charge >= 0.3 is 0 Å². The number of hydrogen-bond donors (Lipinski definition) is 0. The Hall–Kier alpha value is -1.81. The number of fused-ring (bicyclic) bond motifs is 1. The Labute approximate surface area is 115 Å². The van der Waals surface area contributed by atoms with Gasteiger partial charge in [-0.1, -0.05) is 12.1 Å². The second-order valence-corrected chi connectivity index (χ2v) is 5.24. The van der Waals surface area contributed by atoms with Gasteiger partial charge < -0.3 is 9.47 Å². The van der Waals surface area contributed by atoms with Crippen molar-refractivity contribution in [1.82, 2.24) is 0 Å². The van der Waals surface area contributed by atoms with Gasteiger partial charge in [-0.05, 0) is 40.9 Å². The molecule has 1 aromatic carbocycles. The van der Waals surface area contributed by atoms with Crippen molar-refractivity contribution in [2.45, 2.75) is 18.9 Å². The predicted octanol–water partition coefficient (Wildman–Crippen LogP) is 3.09. The Bertz CT molecular complexity index is 563. The van der Waals surface area contributed by atoms with Gasteiger partial charge in [0.2, 0.25) is 0 Å². The molecule has 19 heavy (non-hydrogen) atoms. The molecule has 0 amide bonds. The van der Waals surface area contributed by atoms with Crippen LogP contribution in [0.1, 0.15) is 12.0 Å². The Morgan fingerprint density at radius 1 is 1.26 bits per heavy atom. The number of aryl methyl sites for hydroxylation is 1. The first-order chi connectivity index (χ1) is 9.33. The number of ether oxygens (including phenoxy) is 2. The normalized spacial score (nSPS) is 17.2. The van der Waals surface area contributed by atoms with E-state index in [0.717, 1.165) is 6.42 Å². The van der Waals surface area contributed by atoms with Crippen LogP contribution in [-0.2, 0) is 11.2 Å². The summed E-state index contributed by atoms with van der Waals surface area (Å²) >= 11 is 1.65. The summed E-state index contributed by atoms with van der Waals surface area (Å²) < 4.78 is 11.2. The molecule has 2 aromatic rings. The van der Waals surface area contributed by atoms with Crippen molar-refractivity contribution in [3.8, 4) is 11.5 Å². The number of thiophene rings is 1. The summed E-state index contributed by atoms with van der Waals surface area (Å²) in [6.45, 7) is 0.305. The van der Waals surface area contributed by atoms with E-state index in [2.05, 4.69) is 5.38 Å². The molecule has 0 radical (unpaired) electrons. The first kappa shape index (κ1) is 12.2. The smallest absolute Gasteiger partial charge is 0.190 e. The summed E-state index contributed by atoms with van der Waals surface area (Å²) in [5.41, 5.74) is 1.20. The van der Waals surface area contributed by atoms with E-state index in [1.807, 2.05) is 35.7 Å². The number of ketones is 1. The van der Waals surface area contributed by atoms with E-state index in [1.165, 1.54) is 5.56 Å². The van der Waals surface area contributed by atoms with Crippen molar-refractivity contribution in [2.75, 3.05) is 6.61 Å². The van der Waals surface area contributed by atoms with E-state index < -0.39 is 6.10 Å². The highest BCUT2D eigenvalue weighted by atomic mass is 32.1. The van der Waals surface area contributed by atoms with Crippen molar-refractivity contribution in [1.29, 1.82) is 0 Å². The minimum Gasteiger partial charge on any atom is -0.485 e. The average Bonchev–Trinajstić information content (AvgIpc) is 2.97. The highest BCUT2D eigenvalue weighted by molar-refractivity contribution is 7.07. The van der Waals surface area contributed by atoms with Crippen LogP contribution in [0.3, 0.4) is 0 Å². The minimum atomic E-state index is -0.478. The Morgan fingerprint density at radius 3 is 2.89 bits per heavy atom. The lowest BCUT2D eigenvalue weighted by Crippen LogP contribution is -2.36. The van der Waals surface area contributed by atoms with Crippen LogP contribution in [0, 0.1) is 0 Å². The molecule has 0 N–H and O–H groups in total.